The Bertz CT molecular complexity index is 599. The zero-order valence-electron chi connectivity index (χ0n) is 11.5. The van der Waals surface area contributed by atoms with Crippen molar-refractivity contribution in [1.82, 2.24) is 5.32 Å². The Morgan fingerprint density at radius 1 is 1.05 bits per heavy atom. The van der Waals surface area contributed by atoms with E-state index in [1.807, 2.05) is 32.0 Å². The molecule has 2 nitrogen and oxygen atoms in total. The molecule has 0 unspecified atom stereocenters. The van der Waals surface area contributed by atoms with Crippen molar-refractivity contribution in [2.45, 2.75) is 20.4 Å². The molecule has 0 bridgehead atoms. The molecule has 2 rings (SSSR count). The molecule has 1 N–H and O–H groups in total. The Balaban J connectivity index is 2.25. The molecule has 0 aliphatic heterocycles. The van der Waals surface area contributed by atoms with E-state index in [-0.39, 0.29) is 5.75 Å². The monoisotopic (exact) mass is 277 g/mol. The molecular weight excluding hydrogens is 260 g/mol. The highest BCUT2D eigenvalue weighted by Gasteiger charge is 2.09. The van der Waals surface area contributed by atoms with Crippen molar-refractivity contribution in [3.05, 3.63) is 59.2 Å². The molecular formula is C16H17F2NO. The van der Waals surface area contributed by atoms with Gasteiger partial charge in [-0.05, 0) is 42.8 Å². The van der Waals surface area contributed by atoms with Gasteiger partial charge in [-0.3, -0.25) is 0 Å². The van der Waals surface area contributed by atoms with Crippen LogP contribution in [-0.2, 0) is 6.54 Å². The molecule has 0 amide bonds. The number of aryl methyl sites for hydroxylation is 1. The van der Waals surface area contributed by atoms with E-state index in [0.29, 0.717) is 12.3 Å². The molecule has 0 radical (unpaired) electrons. The van der Waals surface area contributed by atoms with Gasteiger partial charge in [-0.15, -0.1) is 0 Å². The number of rotatable bonds is 5. The van der Waals surface area contributed by atoms with Crippen LogP contribution in [0.25, 0.3) is 0 Å². The number of halogens is 2. The van der Waals surface area contributed by atoms with Gasteiger partial charge in [0, 0.05) is 12.6 Å². The van der Waals surface area contributed by atoms with Crippen LogP contribution in [0.15, 0.2) is 36.4 Å². The lowest BCUT2D eigenvalue weighted by atomic mass is 10.1. The van der Waals surface area contributed by atoms with Crippen molar-refractivity contribution >= 4 is 0 Å². The lowest BCUT2D eigenvalue weighted by Crippen LogP contribution is -2.11. The molecule has 2 aromatic rings. The number of nitrogens with one attached hydrogen (secondary N) is 1. The minimum absolute atomic E-state index is 0.103. The molecule has 0 spiro atoms. The average molecular weight is 277 g/mol. The van der Waals surface area contributed by atoms with Crippen LogP contribution in [0.4, 0.5) is 8.78 Å². The Kier molecular flexibility index (Phi) is 4.69. The van der Waals surface area contributed by atoms with Crippen molar-refractivity contribution in [3.8, 4) is 11.5 Å². The smallest absolute Gasteiger partial charge is 0.165 e. The number of ether oxygens (including phenoxy) is 1. The zero-order chi connectivity index (χ0) is 14.5. The summed E-state index contributed by atoms with van der Waals surface area (Å²) in [5, 5.41) is 3.21. The molecule has 0 heterocycles. The minimum atomic E-state index is -0.581. The first-order chi connectivity index (χ1) is 9.60. The van der Waals surface area contributed by atoms with Gasteiger partial charge in [0.05, 0.1) is 0 Å². The van der Waals surface area contributed by atoms with E-state index >= 15 is 0 Å². The summed E-state index contributed by atoms with van der Waals surface area (Å²) < 4.78 is 32.2. The first kappa shape index (κ1) is 14.5. The molecule has 2 aromatic carbocycles. The van der Waals surface area contributed by atoms with Crippen molar-refractivity contribution in [2.24, 2.45) is 0 Å². The Labute approximate surface area is 117 Å². The Hall–Kier alpha value is -1.94. The quantitative estimate of drug-likeness (QED) is 0.885. The van der Waals surface area contributed by atoms with Crippen LogP contribution < -0.4 is 10.1 Å². The second-order valence-electron chi connectivity index (χ2n) is 4.56. The van der Waals surface area contributed by atoms with Crippen molar-refractivity contribution in [2.75, 3.05) is 6.54 Å². The second-order valence-corrected chi connectivity index (χ2v) is 4.56. The molecule has 106 valence electrons. The lowest BCUT2D eigenvalue weighted by molar-refractivity contribution is 0.433. The lowest BCUT2D eigenvalue weighted by Gasteiger charge is -2.11. The van der Waals surface area contributed by atoms with E-state index in [2.05, 4.69) is 5.32 Å². The standard InChI is InChI=1S/C16H17F2NO/c1-3-19-10-12-5-4-11(2)15(8-12)20-16-9-13(17)6-7-14(16)18/h4-9,19H,3,10H2,1-2H3. The molecule has 0 aliphatic carbocycles. The van der Waals surface area contributed by atoms with Crippen molar-refractivity contribution in [1.29, 1.82) is 0 Å². The van der Waals surface area contributed by atoms with Crippen LogP contribution in [0.2, 0.25) is 0 Å². The van der Waals surface area contributed by atoms with Gasteiger partial charge in [-0.25, -0.2) is 8.78 Å². The fraction of sp³-hybridized carbons (Fsp3) is 0.250. The molecule has 0 saturated carbocycles. The van der Waals surface area contributed by atoms with Gasteiger partial charge in [0.15, 0.2) is 11.6 Å². The maximum atomic E-state index is 13.6. The minimum Gasteiger partial charge on any atom is -0.454 e. The summed E-state index contributed by atoms with van der Waals surface area (Å²) in [5.74, 6) is -0.677. The molecule has 0 aromatic heterocycles. The molecule has 0 fully saturated rings. The van der Waals surface area contributed by atoms with Gasteiger partial charge >= 0.3 is 0 Å². The van der Waals surface area contributed by atoms with Crippen LogP contribution >= 0.6 is 0 Å². The Morgan fingerprint density at radius 2 is 1.85 bits per heavy atom. The van der Waals surface area contributed by atoms with E-state index in [1.165, 1.54) is 0 Å². The third-order valence-corrected chi connectivity index (χ3v) is 2.94. The summed E-state index contributed by atoms with van der Waals surface area (Å²) in [7, 11) is 0. The summed E-state index contributed by atoms with van der Waals surface area (Å²) in [6, 6.07) is 8.89. The maximum absolute atomic E-state index is 13.6. The van der Waals surface area contributed by atoms with Gasteiger partial charge in [0.1, 0.15) is 11.6 Å². The van der Waals surface area contributed by atoms with Gasteiger partial charge in [-0.1, -0.05) is 19.1 Å². The van der Waals surface area contributed by atoms with E-state index in [0.717, 1.165) is 35.9 Å². The van der Waals surface area contributed by atoms with Crippen molar-refractivity contribution in [3.63, 3.8) is 0 Å². The summed E-state index contributed by atoms with van der Waals surface area (Å²) in [5.41, 5.74) is 1.90. The normalized spacial score (nSPS) is 10.6. The molecule has 4 heteroatoms. The molecule has 20 heavy (non-hydrogen) atoms. The summed E-state index contributed by atoms with van der Waals surface area (Å²) in [4.78, 5) is 0. The third kappa shape index (κ3) is 3.54. The highest BCUT2D eigenvalue weighted by Crippen LogP contribution is 2.28. The Morgan fingerprint density at radius 3 is 2.60 bits per heavy atom. The first-order valence-corrected chi connectivity index (χ1v) is 6.53. The zero-order valence-corrected chi connectivity index (χ0v) is 11.5. The number of benzene rings is 2. The van der Waals surface area contributed by atoms with Crippen LogP contribution in [0.3, 0.4) is 0 Å². The first-order valence-electron chi connectivity index (χ1n) is 6.53. The fourth-order valence-electron chi connectivity index (χ4n) is 1.81. The van der Waals surface area contributed by atoms with Crippen LogP contribution in [0.1, 0.15) is 18.1 Å². The van der Waals surface area contributed by atoms with Crippen LogP contribution in [0, 0.1) is 18.6 Å². The summed E-state index contributed by atoms with van der Waals surface area (Å²) >= 11 is 0. The van der Waals surface area contributed by atoms with E-state index < -0.39 is 11.6 Å². The SMILES string of the molecule is CCNCc1ccc(C)c(Oc2cc(F)ccc2F)c1. The molecule has 0 atom stereocenters. The van der Waals surface area contributed by atoms with Gasteiger partial charge < -0.3 is 10.1 Å². The topological polar surface area (TPSA) is 21.3 Å². The van der Waals surface area contributed by atoms with E-state index in [1.54, 1.807) is 0 Å². The van der Waals surface area contributed by atoms with Crippen molar-refractivity contribution < 1.29 is 13.5 Å². The highest BCUT2D eigenvalue weighted by atomic mass is 19.1. The predicted molar refractivity (Wildman–Crippen MR) is 75.0 cm³/mol. The van der Waals surface area contributed by atoms with Crippen LogP contribution in [0.5, 0.6) is 11.5 Å². The maximum Gasteiger partial charge on any atom is 0.165 e. The second kappa shape index (κ2) is 6.48. The van der Waals surface area contributed by atoms with E-state index in [4.69, 9.17) is 4.74 Å². The average Bonchev–Trinajstić information content (AvgIpc) is 2.43. The fourth-order valence-corrected chi connectivity index (χ4v) is 1.81. The third-order valence-electron chi connectivity index (χ3n) is 2.94. The van der Waals surface area contributed by atoms with Crippen LogP contribution in [-0.4, -0.2) is 6.54 Å². The summed E-state index contributed by atoms with van der Waals surface area (Å²) in [6.07, 6.45) is 0. The van der Waals surface area contributed by atoms with Gasteiger partial charge in [-0.2, -0.15) is 0 Å². The largest absolute Gasteiger partial charge is 0.454 e. The molecule has 0 saturated heterocycles. The summed E-state index contributed by atoms with van der Waals surface area (Å²) in [6.45, 7) is 5.46. The van der Waals surface area contributed by atoms with E-state index in [9.17, 15) is 8.78 Å². The number of hydrogen-bond donors (Lipinski definition) is 1. The van der Waals surface area contributed by atoms with Gasteiger partial charge in [0.25, 0.3) is 0 Å². The van der Waals surface area contributed by atoms with Gasteiger partial charge in [0.2, 0.25) is 0 Å². The molecule has 0 aliphatic rings. The number of hydrogen-bond acceptors (Lipinski definition) is 2. The highest BCUT2D eigenvalue weighted by molar-refractivity contribution is 5.40. The predicted octanol–water partition coefficient (Wildman–Crippen LogP) is 4.18.